The fourth-order valence-corrected chi connectivity index (χ4v) is 3.33. The molecule has 0 spiro atoms. The van der Waals surface area contributed by atoms with Crippen molar-refractivity contribution in [2.75, 3.05) is 13.7 Å². The maximum Gasteiger partial charge on any atom is 0.243 e. The van der Waals surface area contributed by atoms with Crippen LogP contribution in [-0.2, 0) is 21.3 Å². The smallest absolute Gasteiger partial charge is 0.243 e. The van der Waals surface area contributed by atoms with Crippen LogP contribution in [0.1, 0.15) is 25.3 Å². The van der Waals surface area contributed by atoms with Crippen molar-refractivity contribution in [2.45, 2.75) is 37.2 Å². The molecule has 1 atom stereocenters. The van der Waals surface area contributed by atoms with Crippen LogP contribution in [0.4, 0.5) is 8.78 Å². The molecule has 0 saturated heterocycles. The average Bonchev–Trinajstić information content (AvgIpc) is 2.41. The topological polar surface area (TPSA) is 81.4 Å². The van der Waals surface area contributed by atoms with Crippen LogP contribution in [0.25, 0.3) is 0 Å². The summed E-state index contributed by atoms with van der Waals surface area (Å²) in [6, 6.07) is 1.41. The molecule has 21 heavy (non-hydrogen) atoms. The Kier molecular flexibility index (Phi) is 6.66. The van der Waals surface area contributed by atoms with Gasteiger partial charge in [-0.05, 0) is 24.1 Å². The van der Waals surface area contributed by atoms with Crippen molar-refractivity contribution in [3.05, 3.63) is 29.3 Å². The van der Waals surface area contributed by atoms with Crippen LogP contribution < -0.4 is 10.5 Å². The van der Waals surface area contributed by atoms with E-state index in [4.69, 9.17) is 10.5 Å². The largest absolute Gasteiger partial charge is 0.383 e. The van der Waals surface area contributed by atoms with E-state index in [0.29, 0.717) is 6.42 Å². The molecule has 1 aromatic carbocycles. The van der Waals surface area contributed by atoms with Gasteiger partial charge in [-0.25, -0.2) is 21.9 Å². The third-order valence-electron chi connectivity index (χ3n) is 2.91. The monoisotopic (exact) mass is 322 g/mol. The van der Waals surface area contributed by atoms with Crippen LogP contribution in [0.3, 0.4) is 0 Å². The molecule has 120 valence electrons. The Morgan fingerprint density at radius 3 is 2.57 bits per heavy atom. The molecule has 0 radical (unpaired) electrons. The van der Waals surface area contributed by atoms with E-state index < -0.39 is 32.6 Å². The van der Waals surface area contributed by atoms with Gasteiger partial charge in [-0.3, -0.25) is 0 Å². The average molecular weight is 322 g/mol. The number of nitrogens with two attached hydrogens (primary N) is 1. The molecular formula is C13H20F2N2O3S. The van der Waals surface area contributed by atoms with Gasteiger partial charge in [0.05, 0.1) is 6.61 Å². The molecule has 0 amide bonds. The lowest BCUT2D eigenvalue weighted by Gasteiger charge is -2.18. The molecule has 0 fully saturated rings. The Bertz CT molecular complexity index is 573. The zero-order valence-electron chi connectivity index (χ0n) is 12.0. The minimum atomic E-state index is -4.19. The Morgan fingerprint density at radius 2 is 2.05 bits per heavy atom. The summed E-state index contributed by atoms with van der Waals surface area (Å²) in [7, 11) is -2.75. The number of hydrogen-bond acceptors (Lipinski definition) is 4. The molecule has 5 nitrogen and oxygen atoms in total. The molecule has 8 heteroatoms. The normalized spacial score (nSPS) is 13.4. The van der Waals surface area contributed by atoms with Gasteiger partial charge in [-0.1, -0.05) is 13.3 Å². The summed E-state index contributed by atoms with van der Waals surface area (Å²) in [5.74, 6) is -2.65. The Labute approximate surface area is 123 Å². The molecular weight excluding hydrogens is 302 g/mol. The van der Waals surface area contributed by atoms with Gasteiger partial charge in [0.2, 0.25) is 10.0 Å². The van der Waals surface area contributed by atoms with E-state index in [0.717, 1.165) is 18.6 Å². The van der Waals surface area contributed by atoms with E-state index in [1.807, 2.05) is 6.92 Å². The quantitative estimate of drug-likeness (QED) is 0.760. The predicted octanol–water partition coefficient (Wildman–Crippen LogP) is 1.52. The molecule has 0 aliphatic heterocycles. The number of benzene rings is 1. The molecule has 1 aromatic rings. The number of ether oxygens (including phenoxy) is 1. The first-order valence-corrected chi connectivity index (χ1v) is 8.03. The van der Waals surface area contributed by atoms with Crippen molar-refractivity contribution in [3.8, 4) is 0 Å². The number of rotatable bonds is 8. The van der Waals surface area contributed by atoms with Crippen LogP contribution in [0.2, 0.25) is 0 Å². The van der Waals surface area contributed by atoms with E-state index in [9.17, 15) is 17.2 Å². The van der Waals surface area contributed by atoms with Crippen molar-refractivity contribution in [2.24, 2.45) is 5.73 Å². The van der Waals surface area contributed by atoms with Crippen molar-refractivity contribution < 1.29 is 21.9 Å². The molecule has 0 aliphatic rings. The maximum absolute atomic E-state index is 13.8. The van der Waals surface area contributed by atoms with Crippen molar-refractivity contribution in [3.63, 3.8) is 0 Å². The minimum absolute atomic E-state index is 0.0871. The van der Waals surface area contributed by atoms with Crippen LogP contribution in [0, 0.1) is 11.6 Å². The van der Waals surface area contributed by atoms with Gasteiger partial charge in [0.25, 0.3) is 0 Å². The van der Waals surface area contributed by atoms with E-state index >= 15 is 0 Å². The first kappa shape index (κ1) is 18.0. The number of nitrogens with one attached hydrogen (secondary N) is 1. The zero-order chi connectivity index (χ0) is 16.0. The second kappa shape index (κ2) is 7.79. The van der Waals surface area contributed by atoms with Crippen LogP contribution in [0.15, 0.2) is 17.0 Å². The van der Waals surface area contributed by atoms with Crippen LogP contribution in [0.5, 0.6) is 0 Å². The second-order valence-electron chi connectivity index (χ2n) is 4.66. The minimum Gasteiger partial charge on any atom is -0.383 e. The molecule has 0 heterocycles. The Morgan fingerprint density at radius 1 is 1.38 bits per heavy atom. The predicted molar refractivity (Wildman–Crippen MR) is 75.1 cm³/mol. The first-order chi connectivity index (χ1) is 9.85. The van der Waals surface area contributed by atoms with E-state index in [2.05, 4.69) is 4.72 Å². The standard InChI is InChI=1S/C13H20F2N2O3S/c1-3-4-10(8-20-2)17-21(18,19)12-6-9(7-16)5-11(14)13(12)15/h5-6,10,17H,3-4,7-8,16H2,1-2H3. The third-order valence-corrected chi connectivity index (χ3v) is 4.43. The van der Waals surface area contributed by atoms with Gasteiger partial charge < -0.3 is 10.5 Å². The first-order valence-electron chi connectivity index (χ1n) is 6.55. The van der Waals surface area contributed by atoms with Gasteiger partial charge >= 0.3 is 0 Å². The molecule has 1 unspecified atom stereocenters. The number of halogens is 2. The molecule has 3 N–H and O–H groups in total. The summed E-state index contributed by atoms with van der Waals surface area (Å²) in [6.45, 7) is 1.94. The fraction of sp³-hybridized carbons (Fsp3) is 0.538. The highest BCUT2D eigenvalue weighted by atomic mass is 32.2. The second-order valence-corrected chi connectivity index (χ2v) is 6.34. The maximum atomic E-state index is 13.8. The van der Waals surface area contributed by atoms with E-state index in [1.54, 1.807) is 0 Å². The summed E-state index contributed by atoms with van der Waals surface area (Å²) in [5.41, 5.74) is 5.56. The Hall–Kier alpha value is -1.09. The van der Waals surface area contributed by atoms with E-state index in [1.165, 1.54) is 7.11 Å². The lowest BCUT2D eigenvalue weighted by molar-refractivity contribution is 0.171. The molecule has 1 rings (SSSR count). The lowest BCUT2D eigenvalue weighted by atomic mass is 10.2. The summed E-state index contributed by atoms with van der Waals surface area (Å²) in [6.07, 6.45) is 1.24. The Balaban J connectivity index is 3.14. The van der Waals surface area contributed by atoms with Crippen molar-refractivity contribution in [1.82, 2.24) is 4.72 Å². The van der Waals surface area contributed by atoms with Gasteiger partial charge in [0, 0.05) is 19.7 Å². The van der Waals surface area contributed by atoms with Gasteiger partial charge in [-0.15, -0.1) is 0 Å². The molecule has 0 bridgehead atoms. The summed E-state index contributed by atoms with van der Waals surface area (Å²) in [4.78, 5) is -0.736. The molecule has 0 saturated carbocycles. The highest BCUT2D eigenvalue weighted by Gasteiger charge is 2.25. The van der Waals surface area contributed by atoms with Crippen molar-refractivity contribution >= 4 is 10.0 Å². The van der Waals surface area contributed by atoms with Gasteiger partial charge in [0.15, 0.2) is 11.6 Å². The van der Waals surface area contributed by atoms with Crippen molar-refractivity contribution in [1.29, 1.82) is 0 Å². The zero-order valence-corrected chi connectivity index (χ0v) is 12.8. The van der Waals surface area contributed by atoms with Gasteiger partial charge in [-0.2, -0.15) is 0 Å². The molecule has 0 aliphatic carbocycles. The third kappa shape index (κ3) is 4.70. The van der Waals surface area contributed by atoms with Gasteiger partial charge in [0.1, 0.15) is 4.90 Å². The van der Waals surface area contributed by atoms with E-state index in [-0.39, 0.29) is 18.7 Å². The highest BCUT2D eigenvalue weighted by Crippen LogP contribution is 2.20. The lowest BCUT2D eigenvalue weighted by Crippen LogP contribution is -2.38. The molecule has 0 aromatic heterocycles. The van der Waals surface area contributed by atoms with Crippen LogP contribution in [-0.4, -0.2) is 28.2 Å². The summed E-state index contributed by atoms with van der Waals surface area (Å²) < 4.78 is 58.9. The fourth-order valence-electron chi connectivity index (χ4n) is 1.94. The summed E-state index contributed by atoms with van der Waals surface area (Å²) in [5, 5.41) is 0. The number of sulfonamides is 1. The number of methoxy groups -OCH3 is 1. The highest BCUT2D eigenvalue weighted by molar-refractivity contribution is 7.89. The summed E-state index contributed by atoms with van der Waals surface area (Å²) >= 11 is 0. The number of hydrogen-bond donors (Lipinski definition) is 2. The SMILES string of the molecule is CCCC(COC)NS(=O)(=O)c1cc(CN)cc(F)c1F. The van der Waals surface area contributed by atoms with Crippen LogP contribution >= 0.6 is 0 Å².